The number of nitrogens with zero attached hydrogens (tertiary/aromatic N) is 1. The van der Waals surface area contributed by atoms with Crippen LogP contribution in [0, 0.1) is 0 Å². The third kappa shape index (κ3) is 3.34. The quantitative estimate of drug-likeness (QED) is 0.632. The Morgan fingerprint density at radius 2 is 2.33 bits per heavy atom. The van der Waals surface area contributed by atoms with Crippen molar-refractivity contribution in [1.29, 1.82) is 0 Å². The fraction of sp³-hybridized carbons (Fsp3) is 0.333. The molecule has 1 heterocycles. The summed E-state index contributed by atoms with van der Waals surface area (Å²) in [6.07, 6.45) is 0. The minimum atomic E-state index is -0.452. The molecule has 0 aromatic carbocycles. The van der Waals surface area contributed by atoms with Gasteiger partial charge in [0.1, 0.15) is 5.82 Å². The molecule has 0 aliphatic carbocycles. The number of amides is 1. The van der Waals surface area contributed by atoms with Crippen molar-refractivity contribution < 1.29 is 9.53 Å². The fourth-order valence-electron chi connectivity index (χ4n) is 0.980. The molecule has 1 aromatic heterocycles. The van der Waals surface area contributed by atoms with Gasteiger partial charge in [-0.15, -0.1) is 0 Å². The van der Waals surface area contributed by atoms with Gasteiger partial charge in [-0.1, -0.05) is 0 Å². The third-order valence-corrected chi connectivity index (χ3v) is 1.61. The molecule has 0 aliphatic heterocycles. The monoisotopic (exact) mass is 210 g/mol. The van der Waals surface area contributed by atoms with E-state index < -0.39 is 5.91 Å². The van der Waals surface area contributed by atoms with Crippen LogP contribution in [0.3, 0.4) is 0 Å². The number of pyridine rings is 1. The Hall–Kier alpha value is -1.98. The summed E-state index contributed by atoms with van der Waals surface area (Å²) < 4.78 is 5.19. The zero-order chi connectivity index (χ0) is 11.3. The highest BCUT2D eigenvalue weighted by atomic mass is 16.5. The standard InChI is InChI=1S/C9H14N4O2/c1-2-15-9-6(10)3-4-8(13-9)12-5-7(11)14/h3-4H,2,5,10H2,1H3,(H2,11,14)(H,12,13). The van der Waals surface area contributed by atoms with Gasteiger partial charge in [0.15, 0.2) is 0 Å². The van der Waals surface area contributed by atoms with Gasteiger partial charge < -0.3 is 21.5 Å². The molecule has 1 rings (SSSR count). The van der Waals surface area contributed by atoms with Gasteiger partial charge in [-0.3, -0.25) is 4.79 Å². The number of ether oxygens (including phenoxy) is 1. The summed E-state index contributed by atoms with van der Waals surface area (Å²) in [6, 6.07) is 3.31. The number of nitrogen functional groups attached to an aromatic ring is 1. The number of hydrogen-bond donors (Lipinski definition) is 3. The van der Waals surface area contributed by atoms with Crippen molar-refractivity contribution in [2.75, 3.05) is 24.2 Å². The SMILES string of the molecule is CCOc1nc(NCC(N)=O)ccc1N. The molecule has 1 amide bonds. The van der Waals surface area contributed by atoms with E-state index in [1.807, 2.05) is 6.92 Å². The zero-order valence-electron chi connectivity index (χ0n) is 8.49. The third-order valence-electron chi connectivity index (χ3n) is 1.61. The summed E-state index contributed by atoms with van der Waals surface area (Å²) >= 11 is 0. The van der Waals surface area contributed by atoms with Crippen LogP contribution >= 0.6 is 0 Å². The van der Waals surface area contributed by atoms with E-state index in [9.17, 15) is 4.79 Å². The first-order valence-electron chi connectivity index (χ1n) is 4.55. The van der Waals surface area contributed by atoms with Gasteiger partial charge in [0.25, 0.3) is 0 Å². The van der Waals surface area contributed by atoms with Crippen LogP contribution in [0.1, 0.15) is 6.92 Å². The highest BCUT2D eigenvalue weighted by Gasteiger charge is 2.03. The second-order valence-electron chi connectivity index (χ2n) is 2.84. The molecule has 0 saturated heterocycles. The van der Waals surface area contributed by atoms with Crippen LogP contribution in [-0.4, -0.2) is 24.0 Å². The average molecular weight is 210 g/mol. The van der Waals surface area contributed by atoms with E-state index in [2.05, 4.69) is 10.3 Å². The Kier molecular flexibility index (Phi) is 3.73. The van der Waals surface area contributed by atoms with Gasteiger partial charge in [0, 0.05) is 0 Å². The van der Waals surface area contributed by atoms with Crippen molar-refractivity contribution in [3.63, 3.8) is 0 Å². The Balaban J connectivity index is 2.73. The molecule has 0 bridgehead atoms. The van der Waals surface area contributed by atoms with E-state index >= 15 is 0 Å². The number of hydrogen-bond acceptors (Lipinski definition) is 5. The highest BCUT2D eigenvalue weighted by Crippen LogP contribution is 2.20. The fourth-order valence-corrected chi connectivity index (χ4v) is 0.980. The number of aromatic nitrogens is 1. The second-order valence-corrected chi connectivity index (χ2v) is 2.84. The Labute approximate surface area is 87.6 Å². The number of rotatable bonds is 5. The minimum absolute atomic E-state index is 0.0302. The molecule has 0 spiro atoms. The number of nitrogens with two attached hydrogens (primary N) is 2. The number of carbonyl (C=O) groups excluding carboxylic acids is 1. The van der Waals surface area contributed by atoms with Crippen molar-refractivity contribution in [2.45, 2.75) is 6.92 Å². The highest BCUT2D eigenvalue weighted by molar-refractivity contribution is 5.78. The van der Waals surface area contributed by atoms with E-state index in [4.69, 9.17) is 16.2 Å². The predicted octanol–water partition coefficient (Wildman–Crippen LogP) is -0.0403. The lowest BCUT2D eigenvalue weighted by Crippen LogP contribution is -2.22. The Morgan fingerprint density at radius 1 is 1.60 bits per heavy atom. The lowest BCUT2D eigenvalue weighted by Gasteiger charge is -2.08. The largest absolute Gasteiger partial charge is 0.476 e. The topological polar surface area (TPSA) is 103 Å². The second kappa shape index (κ2) is 5.04. The van der Waals surface area contributed by atoms with Gasteiger partial charge >= 0.3 is 0 Å². The van der Waals surface area contributed by atoms with Gasteiger partial charge in [0.05, 0.1) is 18.8 Å². The van der Waals surface area contributed by atoms with E-state index in [1.165, 1.54) is 0 Å². The molecular formula is C9H14N4O2. The molecule has 0 radical (unpaired) electrons. The molecule has 1 aromatic rings. The predicted molar refractivity (Wildman–Crippen MR) is 57.5 cm³/mol. The maximum atomic E-state index is 10.5. The van der Waals surface area contributed by atoms with E-state index in [0.29, 0.717) is 24.0 Å². The molecule has 6 heteroatoms. The summed E-state index contributed by atoms with van der Waals surface area (Å²) in [5.74, 6) is 0.407. The maximum absolute atomic E-state index is 10.5. The van der Waals surface area contributed by atoms with Gasteiger partial charge in [-0.25, -0.2) is 0 Å². The van der Waals surface area contributed by atoms with Crippen molar-refractivity contribution in [2.24, 2.45) is 5.73 Å². The molecule has 0 saturated carbocycles. The summed E-state index contributed by atoms with van der Waals surface area (Å²) in [7, 11) is 0. The first kappa shape index (κ1) is 11.1. The van der Waals surface area contributed by atoms with Gasteiger partial charge in [-0.2, -0.15) is 4.98 Å². The normalized spacial score (nSPS) is 9.67. The molecule has 0 aliphatic rings. The lowest BCUT2D eigenvalue weighted by molar-refractivity contribution is -0.116. The number of nitrogens with one attached hydrogen (secondary N) is 1. The zero-order valence-corrected chi connectivity index (χ0v) is 8.49. The van der Waals surface area contributed by atoms with Gasteiger partial charge in [0.2, 0.25) is 11.8 Å². The summed E-state index contributed by atoms with van der Waals surface area (Å²) in [4.78, 5) is 14.6. The van der Waals surface area contributed by atoms with Crippen molar-refractivity contribution >= 4 is 17.4 Å². The molecule has 0 atom stereocenters. The van der Waals surface area contributed by atoms with Crippen LogP contribution < -0.4 is 21.5 Å². The van der Waals surface area contributed by atoms with E-state index in [-0.39, 0.29) is 6.54 Å². The van der Waals surface area contributed by atoms with Crippen LogP contribution in [-0.2, 0) is 4.79 Å². The maximum Gasteiger partial charge on any atom is 0.239 e. The minimum Gasteiger partial charge on any atom is -0.476 e. The van der Waals surface area contributed by atoms with Gasteiger partial charge in [-0.05, 0) is 19.1 Å². The molecular weight excluding hydrogens is 196 g/mol. The molecule has 0 unspecified atom stereocenters. The van der Waals surface area contributed by atoms with Crippen LogP contribution in [0.15, 0.2) is 12.1 Å². The molecule has 0 fully saturated rings. The first-order chi connectivity index (χ1) is 7.13. The van der Waals surface area contributed by atoms with Crippen LogP contribution in [0.4, 0.5) is 11.5 Å². The van der Waals surface area contributed by atoms with Crippen molar-refractivity contribution in [1.82, 2.24) is 4.98 Å². The number of primary amides is 1. The first-order valence-corrected chi connectivity index (χ1v) is 4.55. The van der Waals surface area contributed by atoms with Crippen molar-refractivity contribution in [3.8, 4) is 5.88 Å². The average Bonchev–Trinajstić information content (AvgIpc) is 2.19. The summed E-state index contributed by atoms with van der Waals surface area (Å²) in [5, 5.41) is 2.75. The summed E-state index contributed by atoms with van der Waals surface area (Å²) in [5.41, 5.74) is 11.1. The van der Waals surface area contributed by atoms with E-state index in [0.717, 1.165) is 0 Å². The van der Waals surface area contributed by atoms with Crippen LogP contribution in [0.2, 0.25) is 0 Å². The van der Waals surface area contributed by atoms with Crippen LogP contribution in [0.5, 0.6) is 5.88 Å². The van der Waals surface area contributed by atoms with Crippen LogP contribution in [0.25, 0.3) is 0 Å². The number of carbonyl (C=O) groups is 1. The lowest BCUT2D eigenvalue weighted by atomic mass is 10.4. The molecule has 5 N–H and O–H groups in total. The molecule has 82 valence electrons. The van der Waals surface area contributed by atoms with E-state index in [1.54, 1.807) is 12.1 Å². The Bertz CT molecular complexity index is 354. The molecule has 15 heavy (non-hydrogen) atoms. The molecule has 6 nitrogen and oxygen atoms in total. The Morgan fingerprint density at radius 3 is 2.93 bits per heavy atom. The summed E-state index contributed by atoms with van der Waals surface area (Å²) in [6.45, 7) is 2.35. The van der Waals surface area contributed by atoms with Crippen molar-refractivity contribution in [3.05, 3.63) is 12.1 Å². The number of anilines is 2. The smallest absolute Gasteiger partial charge is 0.239 e.